The van der Waals surface area contributed by atoms with Crippen LogP contribution in [0.4, 0.5) is 4.79 Å². The van der Waals surface area contributed by atoms with Gasteiger partial charge >= 0.3 is 18.0 Å². The highest BCUT2D eigenvalue weighted by molar-refractivity contribution is 7.21. The molecule has 3 aliphatic carbocycles. The van der Waals surface area contributed by atoms with Gasteiger partial charge in [0.1, 0.15) is 11.6 Å². The molecule has 0 unspecified atom stereocenters. The van der Waals surface area contributed by atoms with Crippen LogP contribution in [0.2, 0.25) is 0 Å². The Morgan fingerprint density at radius 2 is 1.54 bits per heavy atom. The summed E-state index contributed by atoms with van der Waals surface area (Å²) in [6.07, 6.45) is 6.13. The van der Waals surface area contributed by atoms with Crippen molar-refractivity contribution in [3.8, 4) is 0 Å². The SMILES string of the molecule is CC(C)(C)OC(=O)N1[C@@H]2CC[C@@H](C2)[C@H]1C(=O)OCC(=O)c1ccc2c(ccc3cc(C(=O)COC(=O)[C@H]4C[C@@H]5CC[C@H]4C5)sc32)c1. The molecule has 1 amide bonds. The minimum Gasteiger partial charge on any atom is -0.457 e. The molecule has 7 rings (SSSR count). The van der Waals surface area contributed by atoms with E-state index in [0.717, 1.165) is 59.4 Å². The van der Waals surface area contributed by atoms with Gasteiger partial charge in [0.15, 0.2) is 19.0 Å². The molecule has 3 saturated carbocycles. The number of hydrogen-bond acceptors (Lipinski definition) is 9. The topological polar surface area (TPSA) is 116 Å². The maximum atomic E-state index is 13.2. The maximum Gasteiger partial charge on any atom is 0.411 e. The average Bonchev–Trinajstić information content (AvgIpc) is 3.87. The summed E-state index contributed by atoms with van der Waals surface area (Å²) in [6.45, 7) is 4.68. The third-order valence-electron chi connectivity index (χ3n) is 10.3. The van der Waals surface area contributed by atoms with Gasteiger partial charge in [-0.2, -0.15) is 0 Å². The van der Waals surface area contributed by atoms with Crippen LogP contribution in [-0.2, 0) is 23.8 Å². The molecule has 1 aromatic heterocycles. The first-order chi connectivity index (χ1) is 21.9. The number of carbonyl (C=O) groups is 5. The predicted molar refractivity (Wildman–Crippen MR) is 172 cm³/mol. The van der Waals surface area contributed by atoms with E-state index in [1.807, 2.05) is 24.3 Å². The Kier molecular flexibility index (Phi) is 7.90. The van der Waals surface area contributed by atoms with Crippen LogP contribution in [0.5, 0.6) is 0 Å². The van der Waals surface area contributed by atoms with Crippen LogP contribution in [0.3, 0.4) is 0 Å². The Morgan fingerprint density at radius 1 is 0.804 bits per heavy atom. The molecule has 2 heterocycles. The van der Waals surface area contributed by atoms with Crippen LogP contribution in [0.1, 0.15) is 85.7 Å². The van der Waals surface area contributed by atoms with Crippen molar-refractivity contribution in [2.75, 3.05) is 13.2 Å². The fraction of sp³-hybridized carbons (Fsp3) is 0.528. The number of fused-ring (bicyclic) bond motifs is 7. The molecular formula is C36H39NO8S. The van der Waals surface area contributed by atoms with Gasteiger partial charge < -0.3 is 14.2 Å². The highest BCUT2D eigenvalue weighted by Gasteiger charge is 2.53. The van der Waals surface area contributed by atoms with Gasteiger partial charge in [-0.05, 0) is 105 Å². The Labute approximate surface area is 271 Å². The number of ketones is 2. The first kappa shape index (κ1) is 30.8. The first-order valence-electron chi connectivity index (χ1n) is 16.3. The van der Waals surface area contributed by atoms with Crippen LogP contribution in [0, 0.1) is 23.7 Å². The number of rotatable bonds is 8. The van der Waals surface area contributed by atoms with Gasteiger partial charge in [-0.1, -0.05) is 30.7 Å². The van der Waals surface area contributed by atoms with E-state index in [2.05, 4.69) is 0 Å². The number of Topliss-reactive ketones (excluding diaryl/α,β-unsaturated/α-hetero) is 2. The number of likely N-dealkylation sites (tertiary alicyclic amines) is 1. The highest BCUT2D eigenvalue weighted by atomic mass is 32.1. The summed E-state index contributed by atoms with van der Waals surface area (Å²) in [5.74, 6) is -0.422. The Morgan fingerprint density at radius 3 is 2.28 bits per heavy atom. The van der Waals surface area contributed by atoms with Gasteiger partial charge in [0.2, 0.25) is 5.78 Å². The lowest BCUT2D eigenvalue weighted by molar-refractivity contribution is -0.150. The smallest absolute Gasteiger partial charge is 0.411 e. The second-order valence-corrected chi connectivity index (χ2v) is 15.5. The maximum absolute atomic E-state index is 13.2. The molecule has 6 atom stereocenters. The minimum absolute atomic E-state index is 0.000190. The fourth-order valence-electron chi connectivity index (χ4n) is 8.16. The van der Waals surface area contributed by atoms with E-state index in [1.54, 1.807) is 32.9 Å². The van der Waals surface area contributed by atoms with E-state index in [4.69, 9.17) is 14.2 Å². The molecule has 46 heavy (non-hydrogen) atoms. The van der Waals surface area contributed by atoms with Crippen LogP contribution >= 0.6 is 11.3 Å². The van der Waals surface area contributed by atoms with Crippen molar-refractivity contribution in [2.45, 2.75) is 83.4 Å². The molecule has 0 spiro atoms. The Bertz CT molecular complexity index is 1750. The second kappa shape index (κ2) is 11.8. The van der Waals surface area contributed by atoms with E-state index in [1.165, 1.54) is 22.7 Å². The second-order valence-electron chi connectivity index (χ2n) is 14.4. The quantitative estimate of drug-likeness (QED) is 0.150. The van der Waals surface area contributed by atoms with Crippen molar-refractivity contribution in [2.24, 2.45) is 23.7 Å². The van der Waals surface area contributed by atoms with Gasteiger partial charge in [0, 0.05) is 16.3 Å². The number of nitrogens with zero attached hydrogens (tertiary/aromatic N) is 1. The summed E-state index contributed by atoms with van der Waals surface area (Å²) >= 11 is 1.35. The lowest BCUT2D eigenvalue weighted by atomic mass is 9.89. The summed E-state index contributed by atoms with van der Waals surface area (Å²) in [6, 6.07) is 10.1. The number of esters is 2. The summed E-state index contributed by atoms with van der Waals surface area (Å²) in [7, 11) is 0. The van der Waals surface area contributed by atoms with Crippen molar-refractivity contribution in [1.29, 1.82) is 0 Å². The van der Waals surface area contributed by atoms with Gasteiger partial charge in [0.25, 0.3) is 0 Å². The molecule has 1 aliphatic heterocycles. The molecule has 10 heteroatoms. The van der Waals surface area contributed by atoms with E-state index in [9.17, 15) is 24.0 Å². The van der Waals surface area contributed by atoms with Crippen molar-refractivity contribution in [1.82, 2.24) is 4.90 Å². The van der Waals surface area contributed by atoms with Crippen LogP contribution < -0.4 is 0 Å². The number of benzene rings is 2. The number of hydrogen-bond donors (Lipinski definition) is 0. The third-order valence-corrected chi connectivity index (χ3v) is 11.5. The Balaban J connectivity index is 0.991. The summed E-state index contributed by atoms with van der Waals surface area (Å²) in [4.78, 5) is 66.8. The van der Waals surface area contributed by atoms with Crippen molar-refractivity contribution in [3.63, 3.8) is 0 Å². The molecule has 4 fully saturated rings. The van der Waals surface area contributed by atoms with Gasteiger partial charge in [-0.15, -0.1) is 11.3 Å². The number of amides is 1. The number of piperidine rings is 1. The summed E-state index contributed by atoms with van der Waals surface area (Å²) < 4.78 is 17.4. The molecule has 2 aromatic carbocycles. The molecule has 3 aromatic rings. The number of thiophene rings is 1. The molecule has 4 bridgehead atoms. The highest BCUT2D eigenvalue weighted by Crippen LogP contribution is 2.49. The van der Waals surface area contributed by atoms with Gasteiger partial charge in [-0.3, -0.25) is 19.3 Å². The minimum atomic E-state index is -0.747. The zero-order chi connectivity index (χ0) is 32.3. The molecule has 0 radical (unpaired) electrons. The number of carbonyl (C=O) groups excluding carboxylic acids is 5. The van der Waals surface area contributed by atoms with Crippen LogP contribution in [0.25, 0.3) is 20.9 Å². The first-order valence-corrected chi connectivity index (χ1v) is 17.1. The average molecular weight is 646 g/mol. The summed E-state index contributed by atoms with van der Waals surface area (Å²) in [5, 5.41) is 2.61. The van der Waals surface area contributed by atoms with Crippen molar-refractivity contribution >= 4 is 61.8 Å². The van der Waals surface area contributed by atoms with Crippen LogP contribution in [0.15, 0.2) is 36.4 Å². The normalized spacial score (nSPS) is 26.5. The van der Waals surface area contributed by atoms with Gasteiger partial charge in [-0.25, -0.2) is 9.59 Å². The molecule has 242 valence electrons. The van der Waals surface area contributed by atoms with E-state index < -0.39 is 30.3 Å². The number of ether oxygens (including phenoxy) is 3. The van der Waals surface area contributed by atoms with E-state index >= 15 is 0 Å². The monoisotopic (exact) mass is 645 g/mol. The fourth-order valence-corrected chi connectivity index (χ4v) is 9.28. The molecule has 9 nitrogen and oxygen atoms in total. The lowest BCUT2D eigenvalue weighted by Gasteiger charge is -2.35. The lowest BCUT2D eigenvalue weighted by Crippen LogP contribution is -2.51. The Hall–Kier alpha value is -3.79. The molecular weight excluding hydrogens is 606 g/mol. The van der Waals surface area contributed by atoms with Gasteiger partial charge in [0.05, 0.1) is 10.8 Å². The zero-order valence-electron chi connectivity index (χ0n) is 26.4. The zero-order valence-corrected chi connectivity index (χ0v) is 27.2. The van der Waals surface area contributed by atoms with E-state index in [-0.39, 0.29) is 42.0 Å². The molecule has 0 N–H and O–H groups in total. The van der Waals surface area contributed by atoms with E-state index in [0.29, 0.717) is 22.3 Å². The summed E-state index contributed by atoms with van der Waals surface area (Å²) in [5.41, 5.74) is -0.286. The van der Waals surface area contributed by atoms with Crippen LogP contribution in [-0.4, -0.2) is 65.4 Å². The molecule has 1 saturated heterocycles. The van der Waals surface area contributed by atoms with Crippen molar-refractivity contribution < 1.29 is 38.2 Å². The largest absolute Gasteiger partial charge is 0.457 e. The standard InChI is InChI=1S/C36H39NO8S/c1-36(2,3)45-35(42)37-25-10-8-23(15-25)31(37)34(41)44-17-28(38)22-9-11-26-21(14-22)6-7-24-16-30(46-32(24)26)29(39)18-43-33(40)27-13-19-4-5-20(27)12-19/h6-7,9,11,14,16,19-20,23,25,27,31H,4-5,8,10,12-13,15,17-18H2,1-3H3/t19-,20+,23+,25-,27+,31+/m1/s1. The third kappa shape index (κ3) is 5.80. The predicted octanol–water partition coefficient (Wildman–Crippen LogP) is 6.73. The molecule has 4 aliphatic rings. The van der Waals surface area contributed by atoms with Crippen molar-refractivity contribution in [3.05, 3.63) is 46.8 Å².